The molecular formula is C20H18N4O3S. The van der Waals surface area contributed by atoms with E-state index in [0.717, 1.165) is 21.8 Å². The number of carbonyl (C=O) groups is 1. The summed E-state index contributed by atoms with van der Waals surface area (Å²) in [7, 11) is 0. The molecule has 142 valence electrons. The molecule has 7 nitrogen and oxygen atoms in total. The lowest BCUT2D eigenvalue weighted by Crippen LogP contribution is -2.25. The van der Waals surface area contributed by atoms with Crippen LogP contribution in [0.5, 0.6) is 5.75 Å². The van der Waals surface area contributed by atoms with Crippen molar-refractivity contribution in [3.63, 3.8) is 0 Å². The van der Waals surface area contributed by atoms with E-state index in [1.807, 2.05) is 42.6 Å². The van der Waals surface area contributed by atoms with Crippen molar-refractivity contribution in [1.82, 2.24) is 4.68 Å². The molecule has 0 radical (unpaired) electrons. The molecule has 3 heterocycles. The van der Waals surface area contributed by atoms with Gasteiger partial charge in [0.25, 0.3) is 5.91 Å². The fourth-order valence-corrected chi connectivity index (χ4v) is 3.59. The smallest absolute Gasteiger partial charge is 0.262 e. The highest BCUT2D eigenvalue weighted by Gasteiger charge is 2.17. The molecule has 3 aromatic rings. The highest BCUT2D eigenvalue weighted by Crippen LogP contribution is 2.32. The van der Waals surface area contributed by atoms with E-state index in [-0.39, 0.29) is 12.5 Å². The van der Waals surface area contributed by atoms with Crippen molar-refractivity contribution in [3.05, 3.63) is 64.7 Å². The molecule has 0 unspecified atom stereocenters. The fraction of sp³-hybridized carbons (Fsp3) is 0.150. The molecule has 1 aliphatic heterocycles. The second-order valence-corrected chi connectivity index (χ2v) is 6.92. The van der Waals surface area contributed by atoms with E-state index >= 15 is 0 Å². The van der Waals surface area contributed by atoms with E-state index < -0.39 is 0 Å². The second-order valence-electron chi connectivity index (χ2n) is 6.09. The van der Waals surface area contributed by atoms with Crippen LogP contribution in [0.4, 0.5) is 5.69 Å². The van der Waals surface area contributed by atoms with Crippen molar-refractivity contribution in [2.75, 3.05) is 18.5 Å². The SMILES string of the molecule is C=CCN=c1scc(-c2ccc3c(c2)NC(=O)CO3)n1/N=C/c1ccc(C)o1. The number of anilines is 1. The number of aryl methyl sites for hydroxylation is 1. The number of benzene rings is 1. The average molecular weight is 394 g/mol. The molecule has 0 aliphatic carbocycles. The highest BCUT2D eigenvalue weighted by molar-refractivity contribution is 7.07. The number of thiazole rings is 1. The third kappa shape index (κ3) is 3.67. The molecule has 2 aromatic heterocycles. The van der Waals surface area contributed by atoms with Gasteiger partial charge in [0.2, 0.25) is 4.80 Å². The number of ether oxygens (including phenoxy) is 1. The van der Waals surface area contributed by atoms with Crippen LogP contribution in [0.3, 0.4) is 0 Å². The van der Waals surface area contributed by atoms with Crippen molar-refractivity contribution >= 4 is 29.1 Å². The Morgan fingerprint density at radius 2 is 2.25 bits per heavy atom. The van der Waals surface area contributed by atoms with Gasteiger partial charge in [-0.3, -0.25) is 9.79 Å². The molecule has 1 aliphatic rings. The Labute approximate surface area is 165 Å². The molecule has 0 fully saturated rings. The molecule has 1 N–H and O–H groups in total. The Morgan fingerprint density at radius 3 is 3.04 bits per heavy atom. The minimum atomic E-state index is -0.171. The molecule has 1 aromatic carbocycles. The normalized spacial score (nSPS) is 14.0. The van der Waals surface area contributed by atoms with Gasteiger partial charge in [-0.1, -0.05) is 6.08 Å². The van der Waals surface area contributed by atoms with Crippen molar-refractivity contribution in [1.29, 1.82) is 0 Å². The van der Waals surface area contributed by atoms with Gasteiger partial charge in [0.1, 0.15) is 17.3 Å². The summed E-state index contributed by atoms with van der Waals surface area (Å²) in [5.74, 6) is 1.95. The van der Waals surface area contributed by atoms with Gasteiger partial charge in [-0.2, -0.15) is 5.10 Å². The molecule has 8 heteroatoms. The van der Waals surface area contributed by atoms with Crippen LogP contribution in [0.2, 0.25) is 0 Å². The Balaban J connectivity index is 1.78. The van der Waals surface area contributed by atoms with E-state index in [9.17, 15) is 4.79 Å². The summed E-state index contributed by atoms with van der Waals surface area (Å²) in [6, 6.07) is 9.38. The molecular weight excluding hydrogens is 376 g/mol. The quantitative estimate of drug-likeness (QED) is 0.532. The topological polar surface area (TPSA) is 81.1 Å². The van der Waals surface area contributed by atoms with E-state index in [1.54, 1.807) is 17.0 Å². The number of nitrogens with one attached hydrogen (secondary N) is 1. The maximum atomic E-state index is 11.6. The summed E-state index contributed by atoms with van der Waals surface area (Å²) in [5.41, 5.74) is 2.37. The van der Waals surface area contributed by atoms with Gasteiger partial charge in [0.05, 0.1) is 24.1 Å². The first kappa shape index (κ1) is 18.0. The van der Waals surface area contributed by atoms with E-state index in [1.165, 1.54) is 11.3 Å². The highest BCUT2D eigenvalue weighted by atomic mass is 32.1. The minimum Gasteiger partial charge on any atom is -0.482 e. The van der Waals surface area contributed by atoms with Crippen LogP contribution >= 0.6 is 11.3 Å². The number of nitrogens with zero attached hydrogens (tertiary/aromatic N) is 3. The monoisotopic (exact) mass is 394 g/mol. The Hall–Kier alpha value is -3.39. The first-order chi connectivity index (χ1) is 13.6. The first-order valence-electron chi connectivity index (χ1n) is 8.64. The lowest BCUT2D eigenvalue weighted by Gasteiger charge is -2.18. The van der Waals surface area contributed by atoms with Crippen LogP contribution in [0.15, 0.2) is 62.9 Å². The molecule has 28 heavy (non-hydrogen) atoms. The van der Waals surface area contributed by atoms with Crippen molar-refractivity contribution < 1.29 is 13.9 Å². The van der Waals surface area contributed by atoms with Gasteiger partial charge >= 0.3 is 0 Å². The standard InChI is InChI=1S/C20H18N4O3S/c1-3-8-21-20-24(22-10-15-6-4-13(2)27-15)17(12-28-20)14-5-7-18-16(9-14)23-19(25)11-26-18/h3-7,9-10,12H,1,8,11H2,2H3,(H,23,25)/b21-20?,22-10+. The third-order valence-electron chi connectivity index (χ3n) is 4.01. The van der Waals surface area contributed by atoms with Crippen molar-refractivity contribution in [3.8, 4) is 17.0 Å². The summed E-state index contributed by atoms with van der Waals surface area (Å²) < 4.78 is 12.7. The van der Waals surface area contributed by atoms with E-state index in [2.05, 4.69) is 22.0 Å². The van der Waals surface area contributed by atoms with Gasteiger partial charge in [-0.25, -0.2) is 4.68 Å². The number of furan rings is 1. The summed E-state index contributed by atoms with van der Waals surface area (Å²) in [6.45, 7) is 6.12. The fourth-order valence-electron chi connectivity index (χ4n) is 2.74. The number of hydrogen-bond acceptors (Lipinski definition) is 6. The van der Waals surface area contributed by atoms with Gasteiger partial charge < -0.3 is 14.5 Å². The molecule has 0 saturated carbocycles. The van der Waals surface area contributed by atoms with Gasteiger partial charge in [-0.05, 0) is 37.3 Å². The predicted octanol–water partition coefficient (Wildman–Crippen LogP) is 3.42. The average Bonchev–Trinajstić information content (AvgIpc) is 3.29. The molecule has 0 spiro atoms. The largest absolute Gasteiger partial charge is 0.482 e. The molecule has 1 amide bonds. The first-order valence-corrected chi connectivity index (χ1v) is 9.52. The zero-order valence-corrected chi connectivity index (χ0v) is 16.0. The van der Waals surface area contributed by atoms with Crippen LogP contribution in [-0.2, 0) is 4.79 Å². The Bertz CT molecular complexity index is 1140. The maximum Gasteiger partial charge on any atom is 0.262 e. The number of amides is 1. The zero-order chi connectivity index (χ0) is 19.5. The summed E-state index contributed by atoms with van der Waals surface area (Å²) in [6.07, 6.45) is 3.38. The molecule has 0 atom stereocenters. The second kappa shape index (κ2) is 7.69. The third-order valence-corrected chi connectivity index (χ3v) is 4.86. The summed E-state index contributed by atoms with van der Waals surface area (Å²) >= 11 is 1.47. The van der Waals surface area contributed by atoms with Crippen LogP contribution in [0.25, 0.3) is 11.3 Å². The molecule has 4 rings (SSSR count). The van der Waals surface area contributed by atoms with E-state index in [4.69, 9.17) is 9.15 Å². The van der Waals surface area contributed by atoms with Crippen LogP contribution in [0.1, 0.15) is 11.5 Å². The maximum absolute atomic E-state index is 11.6. The lowest BCUT2D eigenvalue weighted by molar-refractivity contribution is -0.118. The number of aromatic nitrogens is 1. The number of hydrogen-bond donors (Lipinski definition) is 1. The predicted molar refractivity (Wildman–Crippen MR) is 109 cm³/mol. The van der Waals surface area contributed by atoms with Crippen LogP contribution in [0, 0.1) is 6.92 Å². The van der Waals surface area contributed by atoms with Gasteiger partial charge in [0.15, 0.2) is 6.61 Å². The summed E-state index contributed by atoms with van der Waals surface area (Å²) in [5, 5.41) is 9.37. The van der Waals surface area contributed by atoms with E-state index in [0.29, 0.717) is 23.7 Å². The minimum absolute atomic E-state index is 0.0300. The zero-order valence-electron chi connectivity index (χ0n) is 15.2. The lowest BCUT2D eigenvalue weighted by atomic mass is 10.1. The number of fused-ring (bicyclic) bond motifs is 1. The molecule has 0 bridgehead atoms. The number of carbonyl (C=O) groups excluding carboxylic acids is 1. The van der Waals surface area contributed by atoms with Crippen molar-refractivity contribution in [2.45, 2.75) is 6.92 Å². The van der Waals surface area contributed by atoms with Gasteiger partial charge in [0, 0.05) is 10.9 Å². The van der Waals surface area contributed by atoms with Crippen LogP contribution < -0.4 is 14.9 Å². The summed E-state index contributed by atoms with van der Waals surface area (Å²) in [4.78, 5) is 16.9. The molecule has 0 saturated heterocycles. The van der Waals surface area contributed by atoms with Crippen LogP contribution in [-0.4, -0.2) is 29.9 Å². The van der Waals surface area contributed by atoms with Crippen molar-refractivity contribution in [2.24, 2.45) is 10.1 Å². The van der Waals surface area contributed by atoms with Gasteiger partial charge in [-0.15, -0.1) is 17.9 Å². The Morgan fingerprint density at radius 1 is 1.36 bits per heavy atom. The number of rotatable bonds is 5. The Kier molecular flexibility index (Phi) is 4.94.